The average molecular weight is 244 g/mol. The number of aliphatic hydroxyl groups is 1. The van der Waals surface area contributed by atoms with E-state index in [2.05, 4.69) is 18.8 Å². The van der Waals surface area contributed by atoms with Gasteiger partial charge in [-0.15, -0.1) is 0 Å². The minimum atomic E-state index is -0.476. The van der Waals surface area contributed by atoms with E-state index in [1.165, 1.54) is 32.1 Å². The van der Waals surface area contributed by atoms with E-state index in [9.17, 15) is 5.11 Å². The Morgan fingerprint density at radius 1 is 1.00 bits per heavy atom. The Bertz CT molecular complexity index is 358. The van der Waals surface area contributed by atoms with Gasteiger partial charge in [-0.3, -0.25) is 0 Å². The van der Waals surface area contributed by atoms with Gasteiger partial charge in [0.25, 0.3) is 0 Å². The molecule has 0 aromatic heterocycles. The van der Waals surface area contributed by atoms with Crippen LogP contribution < -0.4 is 0 Å². The Hall–Kier alpha value is -1.26. The molecule has 0 spiro atoms. The first-order chi connectivity index (χ1) is 8.83. The molecule has 1 aromatic carbocycles. The van der Waals surface area contributed by atoms with Crippen LogP contribution in [0.15, 0.2) is 30.3 Å². The summed E-state index contributed by atoms with van der Waals surface area (Å²) in [6.07, 6.45) is 7.83. The van der Waals surface area contributed by atoms with Gasteiger partial charge in [0.2, 0.25) is 0 Å². The summed E-state index contributed by atoms with van der Waals surface area (Å²) < 4.78 is 0. The fourth-order valence-corrected chi connectivity index (χ4v) is 1.88. The molecule has 0 aliphatic rings. The first-order valence-electron chi connectivity index (χ1n) is 7.07. The van der Waals surface area contributed by atoms with E-state index < -0.39 is 6.10 Å². The predicted molar refractivity (Wildman–Crippen MR) is 77.3 cm³/mol. The summed E-state index contributed by atoms with van der Waals surface area (Å²) in [7, 11) is 0. The van der Waals surface area contributed by atoms with Crippen LogP contribution in [-0.2, 0) is 0 Å². The molecule has 1 N–H and O–H groups in total. The van der Waals surface area contributed by atoms with Gasteiger partial charge in [-0.25, -0.2) is 0 Å². The predicted octanol–water partition coefficient (Wildman–Crippen LogP) is 4.15. The summed E-state index contributed by atoms with van der Waals surface area (Å²) in [6.45, 7) is 2.23. The second kappa shape index (κ2) is 9.74. The summed E-state index contributed by atoms with van der Waals surface area (Å²) in [5, 5.41) is 9.74. The molecule has 0 aliphatic heterocycles. The first-order valence-corrected chi connectivity index (χ1v) is 7.07. The van der Waals surface area contributed by atoms with Crippen molar-refractivity contribution in [1.82, 2.24) is 0 Å². The second-order valence-electron chi connectivity index (χ2n) is 4.71. The highest BCUT2D eigenvalue weighted by Gasteiger charge is 1.98. The van der Waals surface area contributed by atoms with E-state index >= 15 is 0 Å². The third-order valence-electron chi connectivity index (χ3n) is 2.99. The molecule has 1 aromatic rings. The first kappa shape index (κ1) is 14.8. The van der Waals surface area contributed by atoms with E-state index in [1.54, 1.807) is 0 Å². The monoisotopic (exact) mass is 244 g/mol. The van der Waals surface area contributed by atoms with E-state index in [0.717, 1.165) is 18.4 Å². The highest BCUT2D eigenvalue weighted by Crippen LogP contribution is 2.08. The normalized spacial score (nSPS) is 11.7. The van der Waals surface area contributed by atoms with Gasteiger partial charge >= 0.3 is 0 Å². The molecule has 1 heteroatoms. The highest BCUT2D eigenvalue weighted by molar-refractivity contribution is 5.34. The van der Waals surface area contributed by atoms with Crippen LogP contribution in [0.2, 0.25) is 0 Å². The minimum absolute atomic E-state index is 0.476. The van der Waals surface area contributed by atoms with Crippen molar-refractivity contribution in [3.05, 3.63) is 35.9 Å². The van der Waals surface area contributed by atoms with E-state index in [-0.39, 0.29) is 0 Å². The van der Waals surface area contributed by atoms with Crippen LogP contribution in [0.3, 0.4) is 0 Å². The van der Waals surface area contributed by atoms with Crippen LogP contribution in [0.5, 0.6) is 0 Å². The Balaban J connectivity index is 2.14. The van der Waals surface area contributed by atoms with E-state index in [4.69, 9.17) is 0 Å². The Morgan fingerprint density at radius 3 is 2.39 bits per heavy atom. The number of benzene rings is 1. The smallest absolute Gasteiger partial charge is 0.115 e. The van der Waals surface area contributed by atoms with Crippen molar-refractivity contribution < 1.29 is 5.11 Å². The largest absolute Gasteiger partial charge is 0.380 e. The zero-order valence-corrected chi connectivity index (χ0v) is 11.4. The van der Waals surface area contributed by atoms with Gasteiger partial charge < -0.3 is 5.11 Å². The molecule has 1 unspecified atom stereocenters. The van der Waals surface area contributed by atoms with E-state index in [1.807, 2.05) is 30.3 Å². The summed E-state index contributed by atoms with van der Waals surface area (Å²) in [5.74, 6) is 5.91. The maximum absolute atomic E-state index is 9.74. The molecule has 1 nitrogen and oxygen atoms in total. The minimum Gasteiger partial charge on any atom is -0.380 e. The Morgan fingerprint density at radius 2 is 1.67 bits per heavy atom. The number of hydrogen-bond donors (Lipinski definition) is 1. The maximum atomic E-state index is 9.74. The standard InChI is InChI=1S/C17H24O/c1-2-3-4-5-6-10-13-17(18)15-14-16-11-8-7-9-12-16/h7-9,11-12,17-18H,2-6,10,13H2,1H3. The molecule has 1 rings (SSSR count). The van der Waals surface area contributed by atoms with Gasteiger partial charge in [0, 0.05) is 5.56 Å². The fraction of sp³-hybridized carbons (Fsp3) is 0.529. The molecule has 18 heavy (non-hydrogen) atoms. The third kappa shape index (κ3) is 7.14. The molecule has 0 saturated carbocycles. The molecular formula is C17H24O. The number of rotatable bonds is 7. The molecule has 1 atom stereocenters. The van der Waals surface area contributed by atoms with Crippen molar-refractivity contribution >= 4 is 0 Å². The molecule has 0 aliphatic carbocycles. The highest BCUT2D eigenvalue weighted by atomic mass is 16.3. The van der Waals surface area contributed by atoms with Gasteiger partial charge in [0.1, 0.15) is 6.10 Å². The summed E-state index contributed by atoms with van der Waals surface area (Å²) >= 11 is 0. The van der Waals surface area contributed by atoms with Crippen LogP contribution in [-0.4, -0.2) is 11.2 Å². The van der Waals surface area contributed by atoms with Crippen LogP contribution in [0, 0.1) is 11.8 Å². The average Bonchev–Trinajstić information content (AvgIpc) is 2.41. The molecule has 0 saturated heterocycles. The molecule has 0 radical (unpaired) electrons. The van der Waals surface area contributed by atoms with Gasteiger partial charge in [-0.1, -0.05) is 69.1 Å². The summed E-state index contributed by atoms with van der Waals surface area (Å²) in [4.78, 5) is 0. The molecular weight excluding hydrogens is 220 g/mol. The number of aliphatic hydroxyl groups excluding tert-OH is 1. The van der Waals surface area contributed by atoms with Crippen molar-refractivity contribution in [1.29, 1.82) is 0 Å². The van der Waals surface area contributed by atoms with Gasteiger partial charge in [-0.2, -0.15) is 0 Å². The summed E-state index contributed by atoms with van der Waals surface area (Å²) in [5.41, 5.74) is 0.972. The van der Waals surface area contributed by atoms with Crippen LogP contribution in [0.4, 0.5) is 0 Å². The van der Waals surface area contributed by atoms with Crippen LogP contribution in [0.25, 0.3) is 0 Å². The molecule has 0 heterocycles. The topological polar surface area (TPSA) is 20.2 Å². The van der Waals surface area contributed by atoms with E-state index in [0.29, 0.717) is 0 Å². The van der Waals surface area contributed by atoms with Crippen LogP contribution in [0.1, 0.15) is 57.4 Å². The quantitative estimate of drug-likeness (QED) is 0.564. The van der Waals surface area contributed by atoms with Crippen molar-refractivity contribution in [3.8, 4) is 11.8 Å². The lowest BCUT2D eigenvalue weighted by atomic mass is 10.1. The Labute approximate surface area is 111 Å². The zero-order chi connectivity index (χ0) is 13.1. The maximum Gasteiger partial charge on any atom is 0.115 e. The van der Waals surface area contributed by atoms with Crippen LogP contribution >= 0.6 is 0 Å². The van der Waals surface area contributed by atoms with Gasteiger partial charge in [0.15, 0.2) is 0 Å². The lowest BCUT2D eigenvalue weighted by molar-refractivity contribution is 0.217. The zero-order valence-electron chi connectivity index (χ0n) is 11.4. The molecule has 0 amide bonds. The van der Waals surface area contributed by atoms with Gasteiger partial charge in [0.05, 0.1) is 0 Å². The van der Waals surface area contributed by atoms with Gasteiger partial charge in [-0.05, 0) is 25.0 Å². The van der Waals surface area contributed by atoms with Crippen molar-refractivity contribution in [2.75, 3.05) is 0 Å². The number of unbranched alkanes of at least 4 members (excludes halogenated alkanes) is 5. The van der Waals surface area contributed by atoms with Crippen molar-refractivity contribution in [3.63, 3.8) is 0 Å². The Kier molecular flexibility index (Phi) is 8.01. The molecule has 98 valence electrons. The molecule has 0 bridgehead atoms. The lowest BCUT2D eigenvalue weighted by Gasteiger charge is -2.03. The number of hydrogen-bond acceptors (Lipinski definition) is 1. The van der Waals surface area contributed by atoms with Crippen molar-refractivity contribution in [2.45, 2.75) is 58.0 Å². The second-order valence-corrected chi connectivity index (χ2v) is 4.71. The lowest BCUT2D eigenvalue weighted by Crippen LogP contribution is -2.02. The summed E-state index contributed by atoms with van der Waals surface area (Å²) in [6, 6.07) is 9.82. The SMILES string of the molecule is CCCCCCCCC(O)C#Cc1ccccc1. The molecule has 0 fully saturated rings. The fourth-order valence-electron chi connectivity index (χ4n) is 1.88. The van der Waals surface area contributed by atoms with Crippen molar-refractivity contribution in [2.24, 2.45) is 0 Å². The third-order valence-corrected chi connectivity index (χ3v) is 2.99.